The Morgan fingerprint density at radius 2 is 0.833 bits per heavy atom. The average molecular weight is 1020 g/mol. The number of rotatable bonds is 52. The number of amides is 1. The van der Waals surface area contributed by atoms with Gasteiger partial charge in [0.2, 0.25) is 5.91 Å². The fourth-order valence-electron chi connectivity index (χ4n) is 9.70. The summed E-state index contributed by atoms with van der Waals surface area (Å²) in [4.78, 5) is 13.2. The van der Waals surface area contributed by atoms with E-state index in [0.717, 1.165) is 51.4 Å². The number of aliphatic hydroxyl groups excluding tert-OH is 7. The van der Waals surface area contributed by atoms with Crippen molar-refractivity contribution in [1.82, 2.24) is 5.32 Å². The first-order valence-electron chi connectivity index (χ1n) is 30.4. The van der Waals surface area contributed by atoms with E-state index in [9.17, 15) is 40.5 Å². The minimum atomic E-state index is -1.67. The molecule has 1 amide bonds. The van der Waals surface area contributed by atoms with Crippen molar-refractivity contribution in [1.29, 1.82) is 0 Å². The molecule has 1 heterocycles. The SMILES string of the molecule is CCCC/C=C/CC/C=C/CC/C=C/CCCC(O)C(O)C(COC1OC(CO)C(O)C(O)C1O)NC(=O)C(O)CCCCCCCCCCCCCCCCCCCCCCCCCCCCCCCC. The molecule has 0 radical (unpaired) electrons. The fraction of sp³-hybridized carbons (Fsp3) is 0.885. The van der Waals surface area contributed by atoms with Gasteiger partial charge in [0.15, 0.2) is 6.29 Å². The fourth-order valence-corrected chi connectivity index (χ4v) is 9.70. The quantitative estimate of drug-likeness (QED) is 0.0215. The molecular weight excluding hydrogens is 907 g/mol. The van der Waals surface area contributed by atoms with Crippen LogP contribution in [0.15, 0.2) is 36.5 Å². The monoisotopic (exact) mass is 1020 g/mol. The standard InChI is InChI=1S/C61H115NO10/c1-3-5-7-9-11-13-15-17-19-20-21-22-23-24-25-26-27-28-29-30-31-32-33-35-37-39-41-43-45-47-49-54(65)60(70)62-52(51-71-61-59(69)58(68)57(67)55(50-63)72-61)56(66)53(64)48-46-44-42-40-38-36-34-18-16-14-12-10-8-6-4-2/h10,12,18,34,40,42,52-59,61,63-69H,3-9,11,13-17,19-33,35-39,41,43-51H2,1-2H3,(H,62,70)/b12-10+,34-18+,42-40+. The number of carbonyl (C=O) groups is 1. The lowest BCUT2D eigenvalue weighted by molar-refractivity contribution is -0.303. The number of hydrogen-bond donors (Lipinski definition) is 8. The zero-order valence-electron chi connectivity index (χ0n) is 46.4. The molecule has 0 saturated carbocycles. The van der Waals surface area contributed by atoms with Crippen LogP contribution in [-0.4, -0.2) is 110 Å². The molecule has 11 heteroatoms. The maximum Gasteiger partial charge on any atom is 0.249 e. The topological polar surface area (TPSA) is 189 Å². The zero-order chi connectivity index (χ0) is 52.5. The summed E-state index contributed by atoms with van der Waals surface area (Å²) in [5.74, 6) is -0.709. The Hall–Kier alpha value is -1.67. The molecule has 1 aliphatic heterocycles. The predicted molar refractivity (Wildman–Crippen MR) is 298 cm³/mol. The van der Waals surface area contributed by atoms with Gasteiger partial charge in [0.25, 0.3) is 0 Å². The number of hydrogen-bond acceptors (Lipinski definition) is 10. The van der Waals surface area contributed by atoms with Gasteiger partial charge >= 0.3 is 0 Å². The van der Waals surface area contributed by atoms with Gasteiger partial charge < -0.3 is 50.5 Å². The Balaban J connectivity index is 2.23. The van der Waals surface area contributed by atoms with Crippen molar-refractivity contribution in [3.63, 3.8) is 0 Å². The molecule has 9 unspecified atom stereocenters. The van der Waals surface area contributed by atoms with Crippen LogP contribution in [0.4, 0.5) is 0 Å². The molecule has 1 aliphatic rings. The second kappa shape index (κ2) is 50.2. The molecule has 0 aromatic rings. The maximum atomic E-state index is 13.2. The van der Waals surface area contributed by atoms with Crippen LogP contribution in [0.5, 0.6) is 0 Å². The molecule has 424 valence electrons. The molecule has 1 saturated heterocycles. The molecule has 8 N–H and O–H groups in total. The van der Waals surface area contributed by atoms with Crippen molar-refractivity contribution in [3.8, 4) is 0 Å². The average Bonchev–Trinajstić information content (AvgIpc) is 3.38. The van der Waals surface area contributed by atoms with Crippen molar-refractivity contribution < 1.29 is 50.0 Å². The highest BCUT2D eigenvalue weighted by Gasteiger charge is 2.44. The molecule has 0 spiro atoms. The Bertz CT molecular complexity index is 1260. The van der Waals surface area contributed by atoms with Gasteiger partial charge in [0.1, 0.15) is 36.6 Å². The highest BCUT2D eigenvalue weighted by atomic mass is 16.7. The lowest BCUT2D eigenvalue weighted by atomic mass is 9.98. The number of aliphatic hydroxyl groups is 7. The normalized spacial score (nSPS) is 20.3. The molecule has 0 bridgehead atoms. The van der Waals surface area contributed by atoms with Crippen LogP contribution in [-0.2, 0) is 14.3 Å². The van der Waals surface area contributed by atoms with Crippen LogP contribution in [0.25, 0.3) is 0 Å². The van der Waals surface area contributed by atoms with Crippen molar-refractivity contribution in [2.24, 2.45) is 0 Å². The number of allylic oxidation sites excluding steroid dienone is 6. The second-order valence-corrected chi connectivity index (χ2v) is 21.4. The van der Waals surface area contributed by atoms with E-state index >= 15 is 0 Å². The Morgan fingerprint density at radius 3 is 1.22 bits per heavy atom. The van der Waals surface area contributed by atoms with Crippen LogP contribution in [0.1, 0.15) is 277 Å². The van der Waals surface area contributed by atoms with Crippen molar-refractivity contribution in [3.05, 3.63) is 36.5 Å². The molecule has 0 aromatic carbocycles. The summed E-state index contributed by atoms with van der Waals surface area (Å²) in [7, 11) is 0. The van der Waals surface area contributed by atoms with Crippen molar-refractivity contribution in [2.75, 3.05) is 13.2 Å². The highest BCUT2D eigenvalue weighted by molar-refractivity contribution is 5.80. The molecule has 1 fully saturated rings. The van der Waals surface area contributed by atoms with Gasteiger partial charge in [-0.25, -0.2) is 0 Å². The van der Waals surface area contributed by atoms with Crippen LogP contribution >= 0.6 is 0 Å². The lowest BCUT2D eigenvalue weighted by Crippen LogP contribution is -2.60. The summed E-state index contributed by atoms with van der Waals surface area (Å²) in [6.07, 6.45) is 50.8. The zero-order valence-corrected chi connectivity index (χ0v) is 46.4. The third kappa shape index (κ3) is 38.0. The minimum Gasteiger partial charge on any atom is -0.394 e. The molecule has 11 nitrogen and oxygen atoms in total. The van der Waals surface area contributed by atoms with Gasteiger partial charge in [-0.1, -0.05) is 256 Å². The van der Waals surface area contributed by atoms with E-state index in [-0.39, 0.29) is 12.8 Å². The summed E-state index contributed by atoms with van der Waals surface area (Å²) in [5, 5.41) is 76.0. The summed E-state index contributed by atoms with van der Waals surface area (Å²) >= 11 is 0. The molecule has 0 aliphatic carbocycles. The molecule has 1 rings (SSSR count). The minimum absolute atomic E-state index is 0.242. The number of unbranched alkanes of at least 4 members (excludes halogenated alkanes) is 34. The van der Waals surface area contributed by atoms with E-state index in [1.165, 1.54) is 180 Å². The van der Waals surface area contributed by atoms with Crippen LogP contribution in [0, 0.1) is 0 Å². The summed E-state index contributed by atoms with van der Waals surface area (Å²) in [6.45, 7) is 3.41. The Labute approximate surface area is 441 Å². The third-order valence-electron chi connectivity index (χ3n) is 14.7. The van der Waals surface area contributed by atoms with Gasteiger partial charge in [0, 0.05) is 0 Å². The van der Waals surface area contributed by atoms with Crippen LogP contribution in [0.3, 0.4) is 0 Å². The number of ether oxygens (including phenoxy) is 2. The predicted octanol–water partition coefficient (Wildman–Crippen LogP) is 13.1. The van der Waals surface area contributed by atoms with E-state index in [4.69, 9.17) is 9.47 Å². The van der Waals surface area contributed by atoms with Gasteiger partial charge in [-0.3, -0.25) is 4.79 Å². The number of carbonyl (C=O) groups excluding carboxylic acids is 1. The first-order chi connectivity index (χ1) is 35.2. The molecule has 0 aromatic heterocycles. The van der Waals surface area contributed by atoms with E-state index in [1.54, 1.807) is 0 Å². The largest absolute Gasteiger partial charge is 0.394 e. The lowest BCUT2D eigenvalue weighted by Gasteiger charge is -2.40. The summed E-state index contributed by atoms with van der Waals surface area (Å²) in [6, 6.07) is -1.19. The van der Waals surface area contributed by atoms with Gasteiger partial charge in [-0.15, -0.1) is 0 Å². The highest BCUT2D eigenvalue weighted by Crippen LogP contribution is 2.23. The van der Waals surface area contributed by atoms with Crippen molar-refractivity contribution >= 4 is 5.91 Å². The Morgan fingerprint density at radius 1 is 0.472 bits per heavy atom. The molecular formula is C61H115NO10. The van der Waals surface area contributed by atoms with Gasteiger partial charge in [-0.2, -0.15) is 0 Å². The van der Waals surface area contributed by atoms with E-state index in [2.05, 4.69) is 55.6 Å². The van der Waals surface area contributed by atoms with E-state index < -0.39 is 74.2 Å². The van der Waals surface area contributed by atoms with Gasteiger partial charge in [0.05, 0.1) is 25.4 Å². The second-order valence-electron chi connectivity index (χ2n) is 21.4. The smallest absolute Gasteiger partial charge is 0.249 e. The molecule has 72 heavy (non-hydrogen) atoms. The first kappa shape index (κ1) is 68.3. The van der Waals surface area contributed by atoms with Crippen molar-refractivity contribution in [2.45, 2.75) is 332 Å². The first-order valence-corrected chi connectivity index (χ1v) is 30.4. The van der Waals surface area contributed by atoms with E-state index in [1.807, 2.05) is 0 Å². The molecule has 9 atom stereocenters. The number of nitrogens with one attached hydrogen (secondary N) is 1. The Kier molecular flexibility index (Phi) is 47.6. The van der Waals surface area contributed by atoms with Crippen LogP contribution < -0.4 is 5.32 Å². The maximum absolute atomic E-state index is 13.2. The van der Waals surface area contributed by atoms with Gasteiger partial charge in [-0.05, 0) is 57.8 Å². The van der Waals surface area contributed by atoms with Crippen LogP contribution in [0.2, 0.25) is 0 Å². The summed E-state index contributed by atoms with van der Waals surface area (Å²) < 4.78 is 11.1. The van der Waals surface area contributed by atoms with E-state index in [0.29, 0.717) is 19.3 Å². The third-order valence-corrected chi connectivity index (χ3v) is 14.7. The summed E-state index contributed by atoms with van der Waals surface area (Å²) in [5.41, 5.74) is 0.